The molecule has 0 spiro atoms. The van der Waals surface area contributed by atoms with Crippen molar-refractivity contribution in [2.75, 3.05) is 0 Å². The van der Waals surface area contributed by atoms with Gasteiger partial charge in [0.2, 0.25) is 0 Å². The van der Waals surface area contributed by atoms with E-state index >= 15 is 0 Å². The first-order chi connectivity index (χ1) is 39.6. The van der Waals surface area contributed by atoms with Gasteiger partial charge >= 0.3 is 0 Å². The zero-order valence-electron chi connectivity index (χ0n) is 49.7. The predicted molar refractivity (Wildman–Crippen MR) is 314 cm³/mol. The molecule has 16 nitrogen and oxygen atoms in total. The molecule has 10 aliphatic heterocycles. The minimum Gasteiger partial charge on any atom is -0.286 e. The van der Waals surface area contributed by atoms with E-state index in [1.165, 1.54) is 205 Å². The third kappa shape index (κ3) is 10.6. The second-order valence-electron chi connectivity index (χ2n) is 31.2. The first-order valence-electron chi connectivity index (χ1n) is 35.8. The Morgan fingerprint density at radius 3 is 0.235 bits per heavy atom. The second kappa shape index (κ2) is 24.4. The quantitative estimate of drug-likeness (QED) is 0.151. The molecule has 18 aliphatic rings. The van der Waals surface area contributed by atoms with Gasteiger partial charge in [0.05, 0.1) is 98.7 Å². The molecule has 16 atom stereocenters. The maximum absolute atomic E-state index is 4.26. The topological polar surface area (TPSA) is 192 Å². The van der Waals surface area contributed by atoms with E-state index in [9.17, 15) is 0 Å². The minimum absolute atomic E-state index is 0. The van der Waals surface area contributed by atoms with Crippen molar-refractivity contribution in [3.8, 4) is 0 Å². The number of rotatable bonds is 0. The van der Waals surface area contributed by atoms with Gasteiger partial charge in [0.25, 0.3) is 0 Å². The van der Waals surface area contributed by atoms with Crippen molar-refractivity contribution >= 4 is 0 Å². The molecule has 17 heteroatoms. The van der Waals surface area contributed by atoms with E-state index in [1.54, 1.807) is 0 Å². The van der Waals surface area contributed by atoms with E-state index in [4.69, 9.17) is 0 Å². The zero-order chi connectivity index (χ0) is 52.4. The summed E-state index contributed by atoms with van der Waals surface area (Å²) < 4.78 is 0. The summed E-state index contributed by atoms with van der Waals surface area (Å²) in [4.78, 5) is 0. The fourth-order valence-electron chi connectivity index (χ4n) is 23.9. The van der Waals surface area contributed by atoms with E-state index < -0.39 is 0 Å². The number of hydrogen-bond donors (Lipinski definition) is 16. The molecule has 8 aliphatic carbocycles. The van der Waals surface area contributed by atoms with Crippen LogP contribution in [0, 0.1) is 130 Å². The van der Waals surface area contributed by atoms with Gasteiger partial charge in [0.15, 0.2) is 0 Å². The average Bonchev–Trinajstić information content (AvgIpc) is 4.47. The van der Waals surface area contributed by atoms with Crippen LogP contribution in [0.1, 0.15) is 205 Å². The predicted octanol–water partition coefficient (Wildman–Crippen LogP) is 5.21. The molecular formula is C64H112LaN16. The van der Waals surface area contributed by atoms with Crippen LogP contribution in [-0.2, 0) is 0 Å². The van der Waals surface area contributed by atoms with Gasteiger partial charge in [-0.25, -0.2) is 0 Å². The van der Waals surface area contributed by atoms with Gasteiger partial charge in [-0.2, -0.15) is 0 Å². The van der Waals surface area contributed by atoms with Crippen LogP contribution >= 0.6 is 0 Å². The summed E-state index contributed by atoms with van der Waals surface area (Å²) in [7, 11) is 0. The minimum atomic E-state index is 0. The van der Waals surface area contributed by atoms with Crippen LogP contribution in [0.15, 0.2) is 0 Å². The van der Waals surface area contributed by atoms with Gasteiger partial charge in [0.1, 0.15) is 0 Å². The molecule has 16 unspecified atom stereocenters. The van der Waals surface area contributed by atoms with Crippen LogP contribution in [0.2, 0.25) is 0 Å². The van der Waals surface area contributed by atoms with Gasteiger partial charge in [-0.05, 0) is 197 Å². The van der Waals surface area contributed by atoms with Crippen molar-refractivity contribution in [2.24, 2.45) is 94.7 Å². The Balaban J connectivity index is 0.000000132. The molecule has 18 rings (SSSR count). The Morgan fingerprint density at radius 2 is 0.173 bits per heavy atom. The van der Waals surface area contributed by atoms with Crippen molar-refractivity contribution in [2.45, 2.75) is 304 Å². The largest absolute Gasteiger partial charge is 0.286 e. The van der Waals surface area contributed by atoms with E-state index in [-0.39, 0.29) is 35.6 Å². The Bertz CT molecular complexity index is 1570. The normalized spacial score (nSPS) is 56.9. The van der Waals surface area contributed by atoms with Gasteiger partial charge in [-0.15, -0.1) is 0 Å². The molecule has 451 valence electrons. The van der Waals surface area contributed by atoms with Crippen molar-refractivity contribution in [3.05, 3.63) is 0 Å². The smallest absolute Gasteiger partial charge is 0.0628 e. The van der Waals surface area contributed by atoms with Crippen molar-refractivity contribution in [1.29, 1.82) is 0 Å². The maximum atomic E-state index is 4.26. The summed E-state index contributed by atoms with van der Waals surface area (Å²) in [6.07, 6.45) is 51.1. The van der Waals surface area contributed by atoms with Gasteiger partial charge in [0, 0.05) is 35.6 Å². The van der Waals surface area contributed by atoms with Crippen molar-refractivity contribution in [3.63, 3.8) is 0 Å². The van der Waals surface area contributed by atoms with Crippen LogP contribution in [0.5, 0.6) is 0 Å². The van der Waals surface area contributed by atoms with Crippen molar-refractivity contribution < 1.29 is 35.6 Å². The van der Waals surface area contributed by atoms with E-state index in [0.717, 1.165) is 94.7 Å². The SMILES string of the molecule is C1CCC2C3NC(NC4NC(NC5NC(NC6NC(N3)C3CCCCC63)C3CCCCC53)C3CCCCC43)C2C1.C1CCC2C3NC(NC4NC(NC5NC(NC6NC(N3)C3CCCCC63)C3CCCCC53)C3CCCCC43)C2C1.[La]. The Morgan fingerprint density at radius 1 is 0.111 bits per heavy atom. The first-order valence-corrected chi connectivity index (χ1v) is 35.8. The molecule has 10 saturated heterocycles. The second-order valence-corrected chi connectivity index (χ2v) is 31.2. The van der Waals surface area contributed by atoms with E-state index in [2.05, 4.69) is 85.1 Å². The molecule has 10 heterocycles. The van der Waals surface area contributed by atoms with Gasteiger partial charge in [-0.1, -0.05) is 103 Å². The van der Waals surface area contributed by atoms with Gasteiger partial charge < -0.3 is 0 Å². The fourth-order valence-corrected chi connectivity index (χ4v) is 23.9. The van der Waals surface area contributed by atoms with Crippen molar-refractivity contribution in [1.82, 2.24) is 85.1 Å². The Labute approximate surface area is 516 Å². The molecule has 81 heavy (non-hydrogen) atoms. The number of nitrogens with one attached hydrogen (secondary N) is 16. The van der Waals surface area contributed by atoms with E-state index in [0.29, 0.717) is 98.7 Å². The molecular weight excluding hydrogens is 1130 g/mol. The summed E-state index contributed by atoms with van der Waals surface area (Å²) in [5.74, 6) is 11.9. The van der Waals surface area contributed by atoms with Crippen LogP contribution in [-0.4, -0.2) is 98.7 Å². The molecule has 1 radical (unpaired) electrons. The first kappa shape index (κ1) is 56.8. The molecule has 0 aromatic rings. The summed E-state index contributed by atoms with van der Waals surface area (Å²) in [6.45, 7) is 0. The standard InChI is InChI=1S/2C32H56N8.La/c2*1-2-10-18-17(9-1)25-33-26(18)38-28-21-13-5-6-14-22(21)30(35-28)40-32-24-16-8-7-15-23(24)31(36-32)39-29-20-12-4-3-11-19(20)27(34-29)37-25;/h2*17-40H,1-16H2;. The molecule has 0 aromatic heterocycles. The summed E-state index contributed by atoms with van der Waals surface area (Å²) in [5.41, 5.74) is 0. The Hall–Kier alpha value is 0.555. The number of hydrogen-bond acceptors (Lipinski definition) is 16. The molecule has 0 aromatic carbocycles. The Kier molecular flexibility index (Phi) is 17.1. The molecule has 16 N–H and O–H groups in total. The maximum Gasteiger partial charge on any atom is 0.0628 e. The summed E-state index contributed by atoms with van der Waals surface area (Å²) in [6, 6.07) is 0. The van der Waals surface area contributed by atoms with Crippen LogP contribution in [0.3, 0.4) is 0 Å². The zero-order valence-corrected chi connectivity index (χ0v) is 53.3. The molecule has 18 fully saturated rings. The fraction of sp³-hybridized carbons (Fsp3) is 1.00. The number of fused-ring (bicyclic) bond motifs is 40. The third-order valence-electron chi connectivity index (χ3n) is 27.6. The van der Waals surface area contributed by atoms with Crippen LogP contribution < -0.4 is 85.1 Å². The molecule has 16 bridgehead atoms. The molecule has 8 saturated carbocycles. The van der Waals surface area contributed by atoms with Gasteiger partial charge in [-0.3, -0.25) is 85.1 Å². The van der Waals surface area contributed by atoms with Crippen LogP contribution in [0.25, 0.3) is 0 Å². The summed E-state index contributed by atoms with van der Waals surface area (Å²) >= 11 is 0. The average molecular weight is 1240 g/mol. The monoisotopic (exact) mass is 1240 g/mol. The molecule has 0 amide bonds. The third-order valence-corrected chi connectivity index (χ3v) is 27.6. The van der Waals surface area contributed by atoms with Crippen LogP contribution in [0.4, 0.5) is 0 Å². The van der Waals surface area contributed by atoms with E-state index in [1.807, 2.05) is 0 Å². The summed E-state index contributed by atoms with van der Waals surface area (Å²) in [5, 5.41) is 67.6.